The van der Waals surface area contributed by atoms with E-state index in [2.05, 4.69) is 32.5 Å². The molecule has 7 nitrogen and oxygen atoms in total. The van der Waals surface area contributed by atoms with E-state index in [0.29, 0.717) is 15.7 Å². The van der Waals surface area contributed by atoms with Gasteiger partial charge < -0.3 is 20.5 Å². The number of aromatic amines is 1. The monoisotopic (exact) mass is 429 g/mol. The molecule has 2 atom stereocenters. The third-order valence-corrected chi connectivity index (χ3v) is 6.68. The summed E-state index contributed by atoms with van der Waals surface area (Å²) in [5.74, 6) is -0.346. The maximum atomic E-state index is 12.5. The Balaban J connectivity index is 1.19. The van der Waals surface area contributed by atoms with Gasteiger partial charge in [0.1, 0.15) is 5.69 Å². The summed E-state index contributed by atoms with van der Waals surface area (Å²) in [6, 6.07) is 7.10. The van der Waals surface area contributed by atoms with Gasteiger partial charge in [-0.25, -0.2) is 4.98 Å². The van der Waals surface area contributed by atoms with Crippen molar-refractivity contribution in [2.45, 2.75) is 31.5 Å². The number of fused-ring (bicyclic) bond motifs is 2. The van der Waals surface area contributed by atoms with Gasteiger partial charge in [0.15, 0.2) is 5.01 Å². The lowest BCUT2D eigenvalue weighted by Crippen LogP contribution is -2.34. The van der Waals surface area contributed by atoms with Crippen LogP contribution in [0.3, 0.4) is 0 Å². The number of aromatic nitrogens is 2. The Bertz CT molecular complexity index is 1120. The molecule has 2 amide bonds. The number of thiazole rings is 1. The average molecular weight is 430 g/mol. The van der Waals surface area contributed by atoms with Crippen LogP contribution in [0.25, 0.3) is 10.9 Å². The number of benzene rings is 1. The van der Waals surface area contributed by atoms with Crippen molar-refractivity contribution in [2.75, 3.05) is 13.6 Å². The Morgan fingerprint density at radius 2 is 2.03 bits per heavy atom. The van der Waals surface area contributed by atoms with Crippen LogP contribution in [0.4, 0.5) is 0 Å². The second-order valence-electron chi connectivity index (χ2n) is 7.69. The molecule has 0 radical (unpaired) electrons. The second kappa shape index (κ2) is 7.12. The summed E-state index contributed by atoms with van der Waals surface area (Å²) < 4.78 is 0. The highest BCUT2D eigenvalue weighted by molar-refractivity contribution is 7.13. The number of nitrogens with zero attached hydrogens (tertiary/aromatic N) is 2. The number of carbonyl (C=O) groups is 2. The van der Waals surface area contributed by atoms with Crippen molar-refractivity contribution in [2.24, 2.45) is 0 Å². The van der Waals surface area contributed by atoms with Gasteiger partial charge in [-0.15, -0.1) is 11.3 Å². The van der Waals surface area contributed by atoms with Gasteiger partial charge in [0.05, 0.1) is 17.8 Å². The predicted molar refractivity (Wildman–Crippen MR) is 113 cm³/mol. The standard InChI is InChI=1S/C20H20ClN5O2S/c1-26-5-4-13-17(9-26)29-20(25-13)19(28)24-15-8-14(15)23-18(27)16-7-10-6-11(21)2-3-12(10)22-16/h2-3,6-7,14-15,22H,4-5,8-9H2,1H3,(H,23,27)(H,24,28)/t14-,15+/m0/s1. The maximum Gasteiger partial charge on any atom is 0.280 e. The molecule has 0 bridgehead atoms. The highest BCUT2D eigenvalue weighted by Crippen LogP contribution is 2.27. The number of carbonyl (C=O) groups excluding carboxylic acids is 2. The third kappa shape index (κ3) is 3.75. The van der Waals surface area contributed by atoms with E-state index >= 15 is 0 Å². The first-order valence-corrected chi connectivity index (χ1v) is 10.7. The lowest BCUT2D eigenvalue weighted by atomic mass is 10.2. The summed E-state index contributed by atoms with van der Waals surface area (Å²) in [5.41, 5.74) is 2.38. The molecule has 1 aliphatic carbocycles. The lowest BCUT2D eigenvalue weighted by Gasteiger charge is -2.20. The minimum atomic E-state index is -0.188. The van der Waals surface area contributed by atoms with Crippen LogP contribution in [0.1, 0.15) is 37.3 Å². The van der Waals surface area contributed by atoms with Gasteiger partial charge in [0, 0.05) is 40.3 Å². The molecule has 0 spiro atoms. The molecule has 2 aromatic heterocycles. The lowest BCUT2D eigenvalue weighted by molar-refractivity contribution is 0.0924. The van der Waals surface area contributed by atoms with Crippen LogP contribution < -0.4 is 10.6 Å². The molecule has 1 saturated carbocycles. The molecule has 3 heterocycles. The Labute approximate surface area is 176 Å². The average Bonchev–Trinajstić information content (AvgIpc) is 3.09. The first kappa shape index (κ1) is 18.6. The SMILES string of the molecule is CN1CCc2nc(C(=O)N[C@@H]3C[C@@H]3NC(=O)c3cc4cc(Cl)ccc4[nH]3)sc2C1. The zero-order valence-corrected chi connectivity index (χ0v) is 17.4. The molecule has 5 rings (SSSR count). The number of rotatable bonds is 4. The van der Waals surface area contributed by atoms with Crippen LogP contribution in [0.15, 0.2) is 24.3 Å². The smallest absolute Gasteiger partial charge is 0.280 e. The summed E-state index contributed by atoms with van der Waals surface area (Å²) >= 11 is 7.46. The predicted octanol–water partition coefficient (Wildman–Crippen LogP) is 2.57. The van der Waals surface area contributed by atoms with Crippen LogP contribution >= 0.6 is 22.9 Å². The number of likely N-dealkylation sites (N-methyl/N-ethyl adjacent to an activating group) is 1. The number of hydrogen-bond acceptors (Lipinski definition) is 5. The van der Waals surface area contributed by atoms with Crippen molar-refractivity contribution in [3.63, 3.8) is 0 Å². The normalized spacial score (nSPS) is 21.0. The number of halogens is 1. The van der Waals surface area contributed by atoms with Gasteiger partial charge >= 0.3 is 0 Å². The van der Waals surface area contributed by atoms with E-state index in [9.17, 15) is 9.59 Å². The Morgan fingerprint density at radius 3 is 2.86 bits per heavy atom. The zero-order chi connectivity index (χ0) is 20.1. The van der Waals surface area contributed by atoms with Gasteiger partial charge in [-0.2, -0.15) is 0 Å². The number of amides is 2. The van der Waals surface area contributed by atoms with E-state index in [4.69, 9.17) is 11.6 Å². The fourth-order valence-corrected chi connectivity index (χ4v) is 4.91. The first-order chi connectivity index (χ1) is 14.0. The molecule has 0 unspecified atom stereocenters. The minimum absolute atomic E-state index is 0.0612. The van der Waals surface area contributed by atoms with Gasteiger partial charge in [-0.05, 0) is 37.7 Å². The van der Waals surface area contributed by atoms with Crippen molar-refractivity contribution in [3.8, 4) is 0 Å². The Kier molecular flexibility index (Phi) is 4.57. The summed E-state index contributed by atoms with van der Waals surface area (Å²) in [4.78, 5) is 36.1. The minimum Gasteiger partial charge on any atom is -0.351 e. The molecule has 150 valence electrons. The van der Waals surface area contributed by atoms with Crippen LogP contribution in [0, 0.1) is 0 Å². The molecular weight excluding hydrogens is 410 g/mol. The van der Waals surface area contributed by atoms with E-state index in [0.717, 1.165) is 42.5 Å². The van der Waals surface area contributed by atoms with Crippen LogP contribution in [0.5, 0.6) is 0 Å². The van der Waals surface area contributed by atoms with Gasteiger partial charge in [-0.1, -0.05) is 11.6 Å². The van der Waals surface area contributed by atoms with E-state index in [1.54, 1.807) is 12.1 Å². The van der Waals surface area contributed by atoms with Crippen molar-refractivity contribution < 1.29 is 9.59 Å². The molecule has 3 aromatic rings. The maximum absolute atomic E-state index is 12.5. The van der Waals surface area contributed by atoms with Crippen molar-refractivity contribution in [1.82, 2.24) is 25.5 Å². The van der Waals surface area contributed by atoms with Crippen molar-refractivity contribution in [1.29, 1.82) is 0 Å². The van der Waals surface area contributed by atoms with Crippen LogP contribution in [-0.2, 0) is 13.0 Å². The van der Waals surface area contributed by atoms with Crippen molar-refractivity contribution >= 4 is 45.7 Å². The van der Waals surface area contributed by atoms with Gasteiger partial charge in [-0.3, -0.25) is 9.59 Å². The Hall–Kier alpha value is -2.42. The van der Waals surface area contributed by atoms with E-state index in [1.165, 1.54) is 16.2 Å². The van der Waals surface area contributed by atoms with E-state index in [-0.39, 0.29) is 23.9 Å². The number of nitrogens with one attached hydrogen (secondary N) is 3. The fraction of sp³-hybridized carbons (Fsp3) is 0.350. The topological polar surface area (TPSA) is 90.1 Å². The zero-order valence-electron chi connectivity index (χ0n) is 15.8. The largest absolute Gasteiger partial charge is 0.351 e. The molecule has 29 heavy (non-hydrogen) atoms. The molecule has 9 heteroatoms. The summed E-state index contributed by atoms with van der Waals surface area (Å²) in [5, 5.41) is 7.98. The van der Waals surface area contributed by atoms with E-state index in [1.807, 2.05) is 12.1 Å². The third-order valence-electron chi connectivity index (χ3n) is 5.37. The molecule has 1 fully saturated rings. The fourth-order valence-electron chi connectivity index (χ4n) is 3.64. The van der Waals surface area contributed by atoms with Crippen LogP contribution in [0.2, 0.25) is 5.02 Å². The molecule has 0 saturated heterocycles. The first-order valence-electron chi connectivity index (χ1n) is 9.53. The second-order valence-corrected chi connectivity index (χ2v) is 9.21. The van der Waals surface area contributed by atoms with E-state index < -0.39 is 0 Å². The number of H-pyrrole nitrogens is 1. The number of hydrogen-bond donors (Lipinski definition) is 3. The summed E-state index contributed by atoms with van der Waals surface area (Å²) in [6.45, 7) is 1.81. The summed E-state index contributed by atoms with van der Waals surface area (Å²) in [6.07, 6.45) is 1.60. The molecule has 1 aromatic carbocycles. The van der Waals surface area contributed by atoms with Gasteiger partial charge in [0.2, 0.25) is 0 Å². The van der Waals surface area contributed by atoms with Crippen molar-refractivity contribution in [3.05, 3.63) is 50.6 Å². The summed E-state index contributed by atoms with van der Waals surface area (Å²) in [7, 11) is 2.07. The highest BCUT2D eigenvalue weighted by atomic mass is 35.5. The molecule has 2 aliphatic rings. The molecular formula is C20H20ClN5O2S. The highest BCUT2D eigenvalue weighted by Gasteiger charge is 2.40. The quantitative estimate of drug-likeness (QED) is 0.594. The molecule has 1 aliphatic heterocycles. The van der Waals surface area contributed by atoms with Crippen LogP contribution in [-0.4, -0.2) is 52.4 Å². The Morgan fingerprint density at radius 1 is 1.24 bits per heavy atom. The molecule has 3 N–H and O–H groups in total. The van der Waals surface area contributed by atoms with Gasteiger partial charge in [0.25, 0.3) is 11.8 Å².